The van der Waals surface area contributed by atoms with Crippen molar-refractivity contribution in [1.82, 2.24) is 9.80 Å². The predicted molar refractivity (Wildman–Crippen MR) is 110 cm³/mol. The average Bonchev–Trinajstić information content (AvgIpc) is 3.22. The maximum absolute atomic E-state index is 12.6. The third-order valence-corrected chi connectivity index (χ3v) is 5.58. The van der Waals surface area contributed by atoms with Gasteiger partial charge in [-0.15, -0.1) is 0 Å². The van der Waals surface area contributed by atoms with E-state index in [2.05, 4.69) is 0 Å². The standard InChI is InChI=1S/C23H30N2O3/c1-3-24(4-2)23(27)19-14-16-25(17-15-19)22(26)13-11-20-10-12-21(28-20)18-8-6-5-7-9-18/h5-10,12,19H,3-4,11,13-17H2,1-2H3. The molecule has 1 aliphatic rings. The quantitative estimate of drug-likeness (QED) is 0.728. The van der Waals surface area contributed by atoms with Gasteiger partial charge in [-0.1, -0.05) is 30.3 Å². The lowest BCUT2D eigenvalue weighted by atomic mass is 9.95. The van der Waals surface area contributed by atoms with Crippen LogP contribution in [-0.4, -0.2) is 47.8 Å². The fourth-order valence-corrected chi connectivity index (χ4v) is 3.83. The number of likely N-dealkylation sites (tertiary alicyclic amines) is 1. The largest absolute Gasteiger partial charge is 0.461 e. The molecular formula is C23H30N2O3. The molecule has 1 aromatic heterocycles. The van der Waals surface area contributed by atoms with Gasteiger partial charge in [0.05, 0.1) is 0 Å². The molecule has 2 aromatic rings. The Morgan fingerprint density at radius 2 is 1.71 bits per heavy atom. The molecule has 0 spiro atoms. The summed E-state index contributed by atoms with van der Waals surface area (Å²) in [5.41, 5.74) is 1.04. The van der Waals surface area contributed by atoms with Crippen molar-refractivity contribution in [2.45, 2.75) is 39.5 Å². The minimum Gasteiger partial charge on any atom is -0.461 e. The minimum atomic E-state index is 0.0578. The number of nitrogens with zero attached hydrogens (tertiary/aromatic N) is 2. The second-order valence-electron chi connectivity index (χ2n) is 7.30. The second-order valence-corrected chi connectivity index (χ2v) is 7.30. The van der Waals surface area contributed by atoms with Crippen LogP contribution in [0.1, 0.15) is 38.9 Å². The predicted octanol–water partition coefficient (Wildman–Crippen LogP) is 3.99. The average molecular weight is 383 g/mol. The maximum atomic E-state index is 12.6. The molecule has 2 heterocycles. The van der Waals surface area contributed by atoms with Gasteiger partial charge in [0.2, 0.25) is 11.8 Å². The van der Waals surface area contributed by atoms with E-state index in [1.54, 1.807) is 0 Å². The molecule has 1 fully saturated rings. The molecular weight excluding hydrogens is 352 g/mol. The first kappa shape index (κ1) is 20.2. The van der Waals surface area contributed by atoms with Gasteiger partial charge in [0, 0.05) is 50.5 Å². The third-order valence-electron chi connectivity index (χ3n) is 5.58. The Morgan fingerprint density at radius 1 is 1.04 bits per heavy atom. The molecule has 0 bridgehead atoms. The van der Waals surface area contributed by atoms with Crippen molar-refractivity contribution >= 4 is 11.8 Å². The smallest absolute Gasteiger partial charge is 0.225 e. The lowest BCUT2D eigenvalue weighted by Crippen LogP contribution is -2.44. The van der Waals surface area contributed by atoms with Crippen LogP contribution in [0.15, 0.2) is 46.9 Å². The molecule has 3 rings (SSSR count). The first-order valence-electron chi connectivity index (χ1n) is 10.3. The lowest BCUT2D eigenvalue weighted by Gasteiger charge is -2.33. The number of amides is 2. The number of carbonyl (C=O) groups excluding carboxylic acids is 2. The summed E-state index contributed by atoms with van der Waals surface area (Å²) in [5.74, 6) is 2.10. The Balaban J connectivity index is 1.46. The summed E-state index contributed by atoms with van der Waals surface area (Å²) in [6, 6.07) is 13.9. The van der Waals surface area contributed by atoms with E-state index in [0.717, 1.165) is 43.0 Å². The van der Waals surface area contributed by atoms with E-state index in [1.807, 2.05) is 66.1 Å². The molecule has 0 saturated carbocycles. The van der Waals surface area contributed by atoms with E-state index >= 15 is 0 Å². The van der Waals surface area contributed by atoms with Crippen molar-refractivity contribution in [1.29, 1.82) is 0 Å². The van der Waals surface area contributed by atoms with Gasteiger partial charge in [0.25, 0.3) is 0 Å². The molecule has 0 unspecified atom stereocenters. The number of furan rings is 1. The van der Waals surface area contributed by atoms with Crippen LogP contribution < -0.4 is 0 Å². The lowest BCUT2D eigenvalue weighted by molar-refractivity contribution is -0.140. The molecule has 0 aliphatic carbocycles. The molecule has 0 radical (unpaired) electrons. The van der Waals surface area contributed by atoms with Crippen molar-refractivity contribution in [2.24, 2.45) is 5.92 Å². The summed E-state index contributed by atoms with van der Waals surface area (Å²) in [7, 11) is 0. The van der Waals surface area contributed by atoms with Gasteiger partial charge in [-0.2, -0.15) is 0 Å². The van der Waals surface area contributed by atoms with Gasteiger partial charge in [-0.05, 0) is 38.8 Å². The number of hydrogen-bond acceptors (Lipinski definition) is 3. The number of rotatable bonds is 7. The van der Waals surface area contributed by atoms with Gasteiger partial charge in [-0.3, -0.25) is 9.59 Å². The highest BCUT2D eigenvalue weighted by atomic mass is 16.3. The van der Waals surface area contributed by atoms with E-state index in [9.17, 15) is 9.59 Å². The molecule has 2 amide bonds. The molecule has 5 heteroatoms. The molecule has 28 heavy (non-hydrogen) atoms. The topological polar surface area (TPSA) is 53.8 Å². The third kappa shape index (κ3) is 4.83. The van der Waals surface area contributed by atoms with E-state index in [-0.39, 0.29) is 17.7 Å². The first-order chi connectivity index (χ1) is 13.6. The Hall–Kier alpha value is -2.56. The number of piperidine rings is 1. The molecule has 5 nitrogen and oxygen atoms in total. The zero-order valence-corrected chi connectivity index (χ0v) is 16.9. The fraction of sp³-hybridized carbons (Fsp3) is 0.478. The number of hydrogen-bond donors (Lipinski definition) is 0. The second kappa shape index (κ2) is 9.58. The highest BCUT2D eigenvalue weighted by Crippen LogP contribution is 2.24. The normalized spacial score (nSPS) is 14.9. The molecule has 0 atom stereocenters. The van der Waals surface area contributed by atoms with Crippen molar-refractivity contribution in [3.63, 3.8) is 0 Å². The summed E-state index contributed by atoms with van der Waals surface area (Å²) < 4.78 is 5.89. The first-order valence-corrected chi connectivity index (χ1v) is 10.3. The summed E-state index contributed by atoms with van der Waals surface area (Å²) in [6.07, 6.45) is 2.57. The monoisotopic (exact) mass is 382 g/mol. The molecule has 0 N–H and O–H groups in total. The highest BCUT2D eigenvalue weighted by molar-refractivity contribution is 5.80. The van der Waals surface area contributed by atoms with Crippen LogP contribution in [0, 0.1) is 5.92 Å². The zero-order valence-electron chi connectivity index (χ0n) is 16.9. The van der Waals surface area contributed by atoms with Gasteiger partial charge in [0.1, 0.15) is 11.5 Å². The summed E-state index contributed by atoms with van der Waals surface area (Å²) in [5, 5.41) is 0. The van der Waals surface area contributed by atoms with Crippen LogP contribution >= 0.6 is 0 Å². The van der Waals surface area contributed by atoms with Gasteiger partial charge in [-0.25, -0.2) is 0 Å². The van der Waals surface area contributed by atoms with Crippen molar-refractivity contribution < 1.29 is 14.0 Å². The Labute approximate surface area is 167 Å². The van der Waals surface area contributed by atoms with Gasteiger partial charge < -0.3 is 14.2 Å². The number of aryl methyl sites for hydroxylation is 1. The highest BCUT2D eigenvalue weighted by Gasteiger charge is 2.29. The van der Waals surface area contributed by atoms with Crippen molar-refractivity contribution in [2.75, 3.05) is 26.2 Å². The van der Waals surface area contributed by atoms with Crippen LogP contribution in [0.2, 0.25) is 0 Å². The van der Waals surface area contributed by atoms with Crippen LogP contribution in [0.4, 0.5) is 0 Å². The van der Waals surface area contributed by atoms with Crippen LogP contribution in [0.25, 0.3) is 11.3 Å². The Bertz CT molecular complexity index is 772. The molecule has 1 aromatic carbocycles. The van der Waals surface area contributed by atoms with Gasteiger partial charge >= 0.3 is 0 Å². The van der Waals surface area contributed by atoms with E-state index in [0.29, 0.717) is 25.9 Å². The van der Waals surface area contributed by atoms with Crippen LogP contribution in [0.5, 0.6) is 0 Å². The Morgan fingerprint density at radius 3 is 2.36 bits per heavy atom. The van der Waals surface area contributed by atoms with Crippen LogP contribution in [0.3, 0.4) is 0 Å². The number of carbonyl (C=O) groups is 2. The fourth-order valence-electron chi connectivity index (χ4n) is 3.83. The van der Waals surface area contributed by atoms with E-state index in [1.165, 1.54) is 0 Å². The van der Waals surface area contributed by atoms with Gasteiger partial charge in [0.15, 0.2) is 0 Å². The van der Waals surface area contributed by atoms with Crippen molar-refractivity contribution in [3.8, 4) is 11.3 Å². The van der Waals surface area contributed by atoms with Crippen molar-refractivity contribution in [3.05, 3.63) is 48.2 Å². The summed E-state index contributed by atoms with van der Waals surface area (Å²) in [6.45, 7) is 6.87. The van der Waals surface area contributed by atoms with E-state index < -0.39 is 0 Å². The Kier molecular flexibility index (Phi) is 6.90. The minimum absolute atomic E-state index is 0.0578. The molecule has 150 valence electrons. The maximum Gasteiger partial charge on any atom is 0.225 e. The molecule has 1 aliphatic heterocycles. The SMILES string of the molecule is CCN(CC)C(=O)C1CCN(C(=O)CCc2ccc(-c3ccccc3)o2)CC1. The number of benzene rings is 1. The van der Waals surface area contributed by atoms with E-state index in [4.69, 9.17) is 4.42 Å². The summed E-state index contributed by atoms with van der Waals surface area (Å²) in [4.78, 5) is 28.8. The summed E-state index contributed by atoms with van der Waals surface area (Å²) >= 11 is 0. The molecule has 1 saturated heterocycles. The zero-order chi connectivity index (χ0) is 19.9. The van der Waals surface area contributed by atoms with Crippen LogP contribution in [-0.2, 0) is 16.0 Å².